The van der Waals surface area contributed by atoms with Crippen molar-refractivity contribution in [1.82, 2.24) is 9.55 Å². The van der Waals surface area contributed by atoms with E-state index in [9.17, 15) is 0 Å². The summed E-state index contributed by atoms with van der Waals surface area (Å²) in [5.74, 6) is 1.71. The number of nitrogens with two attached hydrogens (primary N) is 1. The first kappa shape index (κ1) is 12.6. The van der Waals surface area contributed by atoms with E-state index in [1.807, 2.05) is 42.1 Å². The quantitative estimate of drug-likeness (QED) is 0.879. The Hall–Kier alpha value is -1.81. The lowest BCUT2D eigenvalue weighted by Crippen LogP contribution is -2.16. The maximum Gasteiger partial charge on any atom is 0.129 e. The van der Waals surface area contributed by atoms with Crippen LogP contribution in [0.25, 0.3) is 0 Å². The second-order valence-corrected chi connectivity index (χ2v) is 4.29. The molecule has 1 aromatic heterocycles. The molecule has 0 radical (unpaired) electrons. The lowest BCUT2D eigenvalue weighted by atomic mass is 10.1. The smallest absolute Gasteiger partial charge is 0.129 e. The maximum absolute atomic E-state index is 6.22. The standard InChI is InChI=1S/C14H19N3O/c1-3-9-18-12-6-4-5-11(10-12)13(15)14-16-7-8-17(14)2/h4-8,10,13H,3,9,15H2,1-2H3. The minimum atomic E-state index is -0.227. The summed E-state index contributed by atoms with van der Waals surface area (Å²) >= 11 is 0. The van der Waals surface area contributed by atoms with E-state index in [1.165, 1.54) is 0 Å². The van der Waals surface area contributed by atoms with Gasteiger partial charge in [-0.25, -0.2) is 4.98 Å². The zero-order valence-electron chi connectivity index (χ0n) is 10.8. The van der Waals surface area contributed by atoms with Crippen molar-refractivity contribution < 1.29 is 4.74 Å². The van der Waals surface area contributed by atoms with Gasteiger partial charge in [0, 0.05) is 19.4 Å². The molecule has 1 aromatic carbocycles. The van der Waals surface area contributed by atoms with E-state index in [1.54, 1.807) is 6.20 Å². The molecule has 0 aliphatic carbocycles. The average Bonchev–Trinajstić information content (AvgIpc) is 2.82. The van der Waals surface area contributed by atoms with E-state index in [0.717, 1.165) is 30.2 Å². The van der Waals surface area contributed by atoms with Crippen LogP contribution >= 0.6 is 0 Å². The first-order valence-corrected chi connectivity index (χ1v) is 6.18. The topological polar surface area (TPSA) is 53.1 Å². The average molecular weight is 245 g/mol. The molecule has 2 N–H and O–H groups in total. The predicted molar refractivity (Wildman–Crippen MR) is 71.5 cm³/mol. The lowest BCUT2D eigenvalue weighted by Gasteiger charge is -2.13. The molecule has 0 aliphatic rings. The van der Waals surface area contributed by atoms with Crippen LogP contribution in [0.2, 0.25) is 0 Å². The fourth-order valence-corrected chi connectivity index (χ4v) is 1.84. The highest BCUT2D eigenvalue weighted by Gasteiger charge is 2.13. The zero-order chi connectivity index (χ0) is 13.0. The number of rotatable bonds is 5. The molecule has 0 fully saturated rings. The molecular formula is C14H19N3O. The highest BCUT2D eigenvalue weighted by molar-refractivity contribution is 5.33. The molecule has 1 heterocycles. The fourth-order valence-electron chi connectivity index (χ4n) is 1.84. The van der Waals surface area contributed by atoms with Crippen molar-refractivity contribution in [3.63, 3.8) is 0 Å². The second-order valence-electron chi connectivity index (χ2n) is 4.29. The van der Waals surface area contributed by atoms with Gasteiger partial charge in [0.15, 0.2) is 0 Å². The normalized spacial score (nSPS) is 12.4. The molecule has 0 aliphatic heterocycles. The number of aromatic nitrogens is 2. The second kappa shape index (κ2) is 5.69. The van der Waals surface area contributed by atoms with Crippen molar-refractivity contribution in [3.05, 3.63) is 48.0 Å². The minimum absolute atomic E-state index is 0.227. The van der Waals surface area contributed by atoms with Gasteiger partial charge in [0.2, 0.25) is 0 Å². The van der Waals surface area contributed by atoms with Crippen LogP contribution < -0.4 is 10.5 Å². The van der Waals surface area contributed by atoms with E-state index in [0.29, 0.717) is 0 Å². The number of ether oxygens (including phenoxy) is 1. The fraction of sp³-hybridized carbons (Fsp3) is 0.357. The molecule has 4 heteroatoms. The van der Waals surface area contributed by atoms with E-state index >= 15 is 0 Å². The van der Waals surface area contributed by atoms with Gasteiger partial charge in [-0.1, -0.05) is 19.1 Å². The summed E-state index contributed by atoms with van der Waals surface area (Å²) in [4.78, 5) is 4.28. The van der Waals surface area contributed by atoms with Gasteiger partial charge < -0.3 is 15.0 Å². The zero-order valence-corrected chi connectivity index (χ0v) is 10.8. The molecule has 1 unspecified atom stereocenters. The first-order chi connectivity index (χ1) is 8.72. The number of imidazole rings is 1. The van der Waals surface area contributed by atoms with E-state index in [2.05, 4.69) is 11.9 Å². The van der Waals surface area contributed by atoms with Crippen LogP contribution in [0.5, 0.6) is 5.75 Å². The Morgan fingerprint density at radius 2 is 2.28 bits per heavy atom. The van der Waals surface area contributed by atoms with Gasteiger partial charge in [0.25, 0.3) is 0 Å². The lowest BCUT2D eigenvalue weighted by molar-refractivity contribution is 0.317. The molecule has 96 valence electrons. The van der Waals surface area contributed by atoms with Crippen LogP contribution in [-0.2, 0) is 7.05 Å². The molecule has 18 heavy (non-hydrogen) atoms. The van der Waals surface area contributed by atoms with Crippen molar-refractivity contribution in [2.24, 2.45) is 12.8 Å². The maximum atomic E-state index is 6.22. The molecule has 4 nitrogen and oxygen atoms in total. The molecule has 1 atom stereocenters. The van der Waals surface area contributed by atoms with Crippen LogP contribution in [0.3, 0.4) is 0 Å². The Balaban J connectivity index is 2.20. The van der Waals surface area contributed by atoms with Gasteiger partial charge in [-0.15, -0.1) is 0 Å². The summed E-state index contributed by atoms with van der Waals surface area (Å²) in [6.07, 6.45) is 4.65. The Kier molecular flexibility index (Phi) is 3.99. The van der Waals surface area contributed by atoms with Gasteiger partial charge in [0.05, 0.1) is 12.6 Å². The molecular weight excluding hydrogens is 226 g/mol. The molecule has 2 aromatic rings. The van der Waals surface area contributed by atoms with E-state index < -0.39 is 0 Å². The van der Waals surface area contributed by atoms with E-state index in [-0.39, 0.29) is 6.04 Å². The highest BCUT2D eigenvalue weighted by Crippen LogP contribution is 2.22. The number of hydrogen-bond acceptors (Lipinski definition) is 3. The van der Waals surface area contributed by atoms with Gasteiger partial charge in [-0.3, -0.25) is 0 Å². The van der Waals surface area contributed by atoms with Gasteiger partial charge in [-0.2, -0.15) is 0 Å². The number of hydrogen-bond donors (Lipinski definition) is 1. The summed E-state index contributed by atoms with van der Waals surface area (Å²) in [7, 11) is 1.94. The Bertz CT molecular complexity index is 507. The molecule has 0 bridgehead atoms. The van der Waals surface area contributed by atoms with Crippen molar-refractivity contribution >= 4 is 0 Å². The number of benzene rings is 1. The third kappa shape index (κ3) is 2.71. The molecule has 0 saturated heterocycles. The molecule has 0 spiro atoms. The van der Waals surface area contributed by atoms with Crippen molar-refractivity contribution in [1.29, 1.82) is 0 Å². The summed E-state index contributed by atoms with van der Waals surface area (Å²) < 4.78 is 7.55. The van der Waals surface area contributed by atoms with Crippen molar-refractivity contribution in [3.8, 4) is 5.75 Å². The highest BCUT2D eigenvalue weighted by atomic mass is 16.5. The summed E-state index contributed by atoms with van der Waals surface area (Å²) in [6, 6.07) is 7.66. The van der Waals surface area contributed by atoms with Gasteiger partial charge >= 0.3 is 0 Å². The largest absolute Gasteiger partial charge is 0.494 e. The summed E-state index contributed by atoms with van der Waals surface area (Å²) in [5.41, 5.74) is 7.23. The van der Waals surface area contributed by atoms with Crippen LogP contribution in [0, 0.1) is 0 Å². The summed E-state index contributed by atoms with van der Waals surface area (Å²) in [5, 5.41) is 0. The van der Waals surface area contributed by atoms with Crippen LogP contribution in [-0.4, -0.2) is 16.2 Å². The Morgan fingerprint density at radius 3 is 2.94 bits per heavy atom. The van der Waals surface area contributed by atoms with Crippen molar-refractivity contribution in [2.75, 3.05) is 6.61 Å². The number of nitrogens with zero attached hydrogens (tertiary/aromatic N) is 2. The van der Waals surface area contributed by atoms with Crippen LogP contribution in [0.1, 0.15) is 30.8 Å². The van der Waals surface area contributed by atoms with Crippen LogP contribution in [0.15, 0.2) is 36.7 Å². The molecule has 2 rings (SSSR count). The Labute approximate surface area is 107 Å². The monoisotopic (exact) mass is 245 g/mol. The molecule has 0 saturated carbocycles. The summed E-state index contributed by atoms with van der Waals surface area (Å²) in [6.45, 7) is 2.81. The van der Waals surface area contributed by atoms with Gasteiger partial charge in [-0.05, 0) is 24.1 Å². The molecule has 0 amide bonds. The van der Waals surface area contributed by atoms with Crippen LogP contribution in [0.4, 0.5) is 0 Å². The predicted octanol–water partition coefficient (Wildman–Crippen LogP) is 2.26. The third-order valence-electron chi connectivity index (χ3n) is 2.83. The first-order valence-electron chi connectivity index (χ1n) is 6.18. The SMILES string of the molecule is CCCOc1cccc(C(N)c2nccn2C)c1. The van der Waals surface area contributed by atoms with Gasteiger partial charge in [0.1, 0.15) is 11.6 Å². The van der Waals surface area contributed by atoms with Crippen molar-refractivity contribution in [2.45, 2.75) is 19.4 Å². The van der Waals surface area contributed by atoms with E-state index in [4.69, 9.17) is 10.5 Å². The number of aryl methyl sites for hydroxylation is 1. The minimum Gasteiger partial charge on any atom is -0.494 e. The third-order valence-corrected chi connectivity index (χ3v) is 2.83. The Morgan fingerprint density at radius 1 is 1.44 bits per heavy atom.